The second kappa shape index (κ2) is 7.21. The molecule has 3 heteroatoms. The second-order valence-corrected chi connectivity index (χ2v) is 6.19. The zero-order chi connectivity index (χ0) is 14.5. The highest BCUT2D eigenvalue weighted by atomic mass is 15.3. The van der Waals surface area contributed by atoms with Gasteiger partial charge in [-0.05, 0) is 39.9 Å². The van der Waals surface area contributed by atoms with Gasteiger partial charge >= 0.3 is 0 Å². The first-order chi connectivity index (χ1) is 9.60. The van der Waals surface area contributed by atoms with Gasteiger partial charge in [-0.3, -0.25) is 4.90 Å². The van der Waals surface area contributed by atoms with Crippen LogP contribution in [-0.2, 0) is 0 Å². The van der Waals surface area contributed by atoms with Gasteiger partial charge < -0.3 is 10.2 Å². The van der Waals surface area contributed by atoms with E-state index in [1.54, 1.807) is 0 Å². The number of likely N-dealkylation sites (N-methyl/N-ethyl adjacent to an activating group) is 1. The van der Waals surface area contributed by atoms with Crippen LogP contribution in [0.5, 0.6) is 0 Å². The molecule has 0 aromatic heterocycles. The largest absolute Gasteiger partial charge is 0.313 e. The summed E-state index contributed by atoms with van der Waals surface area (Å²) in [5, 5.41) is 3.47. The lowest BCUT2D eigenvalue weighted by Gasteiger charge is -2.38. The Balaban J connectivity index is 1.91. The number of nitrogens with zero attached hydrogens (tertiary/aromatic N) is 2. The summed E-state index contributed by atoms with van der Waals surface area (Å²) in [6.45, 7) is 9.26. The molecule has 2 unspecified atom stereocenters. The SMILES string of the molecule is CNC(CCN1CCN(C)CC1C)c1cccc(C)c1. The summed E-state index contributed by atoms with van der Waals surface area (Å²) in [5.41, 5.74) is 2.75. The molecule has 0 aliphatic carbocycles. The Labute approximate surface area is 124 Å². The topological polar surface area (TPSA) is 18.5 Å². The third kappa shape index (κ3) is 4.05. The molecule has 3 nitrogen and oxygen atoms in total. The molecule has 0 radical (unpaired) electrons. The van der Waals surface area contributed by atoms with Gasteiger partial charge in [0, 0.05) is 38.3 Å². The van der Waals surface area contributed by atoms with Crippen molar-refractivity contribution in [2.24, 2.45) is 0 Å². The molecule has 1 heterocycles. The van der Waals surface area contributed by atoms with Gasteiger partial charge in [-0.15, -0.1) is 0 Å². The quantitative estimate of drug-likeness (QED) is 0.889. The van der Waals surface area contributed by atoms with Crippen molar-refractivity contribution in [2.45, 2.75) is 32.4 Å². The lowest BCUT2D eigenvalue weighted by atomic mass is 10.0. The molecule has 112 valence electrons. The molecule has 0 amide bonds. The fourth-order valence-corrected chi connectivity index (χ4v) is 3.17. The van der Waals surface area contributed by atoms with Crippen LogP contribution < -0.4 is 5.32 Å². The molecule has 2 rings (SSSR count). The van der Waals surface area contributed by atoms with Crippen molar-refractivity contribution in [3.63, 3.8) is 0 Å². The molecule has 0 saturated carbocycles. The van der Waals surface area contributed by atoms with Gasteiger partial charge in [0.1, 0.15) is 0 Å². The van der Waals surface area contributed by atoms with Gasteiger partial charge in [0.25, 0.3) is 0 Å². The number of rotatable bonds is 5. The molecule has 1 aromatic carbocycles. The molecular weight excluding hydrogens is 246 g/mol. The molecule has 0 bridgehead atoms. The summed E-state index contributed by atoms with van der Waals surface area (Å²) in [7, 11) is 4.29. The van der Waals surface area contributed by atoms with E-state index in [2.05, 4.69) is 67.3 Å². The Bertz CT molecular complexity index is 418. The lowest BCUT2D eigenvalue weighted by Crippen LogP contribution is -2.50. The number of hydrogen-bond acceptors (Lipinski definition) is 3. The van der Waals surface area contributed by atoms with Crippen molar-refractivity contribution < 1.29 is 0 Å². The summed E-state index contributed by atoms with van der Waals surface area (Å²) in [5.74, 6) is 0. The maximum atomic E-state index is 3.47. The van der Waals surface area contributed by atoms with Crippen LogP contribution in [0.3, 0.4) is 0 Å². The van der Waals surface area contributed by atoms with E-state index in [0.29, 0.717) is 12.1 Å². The predicted octanol–water partition coefficient (Wildman–Crippen LogP) is 2.28. The molecule has 1 fully saturated rings. The van der Waals surface area contributed by atoms with Gasteiger partial charge in [0.05, 0.1) is 0 Å². The third-order valence-electron chi connectivity index (χ3n) is 4.47. The summed E-state index contributed by atoms with van der Waals surface area (Å²) >= 11 is 0. The maximum Gasteiger partial charge on any atom is 0.0329 e. The van der Waals surface area contributed by atoms with E-state index in [0.717, 1.165) is 0 Å². The number of hydrogen-bond donors (Lipinski definition) is 1. The first-order valence-corrected chi connectivity index (χ1v) is 7.76. The third-order valence-corrected chi connectivity index (χ3v) is 4.47. The Morgan fingerprint density at radius 2 is 2.15 bits per heavy atom. The van der Waals surface area contributed by atoms with Crippen LogP contribution in [0.4, 0.5) is 0 Å². The Kier molecular flexibility index (Phi) is 5.58. The van der Waals surface area contributed by atoms with Crippen molar-refractivity contribution in [3.8, 4) is 0 Å². The highest BCUT2D eigenvalue weighted by Crippen LogP contribution is 2.19. The predicted molar refractivity (Wildman–Crippen MR) is 86.1 cm³/mol. The van der Waals surface area contributed by atoms with E-state index in [-0.39, 0.29) is 0 Å². The van der Waals surface area contributed by atoms with E-state index in [9.17, 15) is 0 Å². The number of benzene rings is 1. The van der Waals surface area contributed by atoms with Crippen LogP contribution >= 0.6 is 0 Å². The molecule has 0 spiro atoms. The minimum atomic E-state index is 0.460. The van der Waals surface area contributed by atoms with Crippen molar-refractivity contribution in [1.29, 1.82) is 0 Å². The summed E-state index contributed by atoms with van der Waals surface area (Å²) in [6, 6.07) is 9.99. The Hall–Kier alpha value is -0.900. The van der Waals surface area contributed by atoms with E-state index < -0.39 is 0 Å². The average Bonchev–Trinajstić information content (AvgIpc) is 2.41. The van der Waals surface area contributed by atoms with E-state index in [1.165, 1.54) is 43.7 Å². The van der Waals surface area contributed by atoms with Gasteiger partial charge in [-0.2, -0.15) is 0 Å². The van der Waals surface area contributed by atoms with E-state index >= 15 is 0 Å². The molecule has 20 heavy (non-hydrogen) atoms. The number of nitrogens with one attached hydrogen (secondary N) is 1. The molecule has 1 aliphatic heterocycles. The van der Waals surface area contributed by atoms with Crippen molar-refractivity contribution >= 4 is 0 Å². The minimum absolute atomic E-state index is 0.460. The zero-order valence-electron chi connectivity index (χ0n) is 13.4. The highest BCUT2D eigenvalue weighted by Gasteiger charge is 2.22. The zero-order valence-corrected chi connectivity index (χ0v) is 13.4. The monoisotopic (exact) mass is 275 g/mol. The fraction of sp³-hybridized carbons (Fsp3) is 0.647. The smallest absolute Gasteiger partial charge is 0.0329 e. The summed E-state index contributed by atoms with van der Waals surface area (Å²) in [6.07, 6.45) is 1.17. The Morgan fingerprint density at radius 3 is 2.80 bits per heavy atom. The summed E-state index contributed by atoms with van der Waals surface area (Å²) in [4.78, 5) is 5.05. The van der Waals surface area contributed by atoms with Gasteiger partial charge in [-0.25, -0.2) is 0 Å². The van der Waals surface area contributed by atoms with Crippen molar-refractivity contribution in [1.82, 2.24) is 15.1 Å². The number of piperazine rings is 1. The van der Waals surface area contributed by atoms with E-state index in [4.69, 9.17) is 0 Å². The first-order valence-electron chi connectivity index (χ1n) is 7.76. The van der Waals surface area contributed by atoms with Crippen molar-refractivity contribution in [2.75, 3.05) is 40.3 Å². The van der Waals surface area contributed by atoms with Crippen molar-refractivity contribution in [3.05, 3.63) is 35.4 Å². The minimum Gasteiger partial charge on any atom is -0.313 e. The van der Waals surface area contributed by atoms with Crippen LogP contribution in [0.15, 0.2) is 24.3 Å². The fourth-order valence-electron chi connectivity index (χ4n) is 3.17. The lowest BCUT2D eigenvalue weighted by molar-refractivity contribution is 0.0963. The highest BCUT2D eigenvalue weighted by molar-refractivity contribution is 5.25. The molecule has 2 atom stereocenters. The second-order valence-electron chi connectivity index (χ2n) is 6.19. The van der Waals surface area contributed by atoms with Crippen LogP contribution in [0.1, 0.15) is 30.5 Å². The van der Waals surface area contributed by atoms with Crippen LogP contribution in [-0.4, -0.2) is 56.1 Å². The average molecular weight is 275 g/mol. The molecule has 1 saturated heterocycles. The Morgan fingerprint density at radius 1 is 1.35 bits per heavy atom. The van der Waals surface area contributed by atoms with Crippen LogP contribution in [0, 0.1) is 6.92 Å². The number of aryl methyl sites for hydroxylation is 1. The molecule has 1 N–H and O–H groups in total. The van der Waals surface area contributed by atoms with Gasteiger partial charge in [0.2, 0.25) is 0 Å². The summed E-state index contributed by atoms with van der Waals surface area (Å²) < 4.78 is 0. The van der Waals surface area contributed by atoms with E-state index in [1.807, 2.05) is 0 Å². The molecular formula is C17H29N3. The maximum absolute atomic E-state index is 3.47. The van der Waals surface area contributed by atoms with Crippen LogP contribution in [0.25, 0.3) is 0 Å². The van der Waals surface area contributed by atoms with Gasteiger partial charge in [-0.1, -0.05) is 29.8 Å². The molecule has 1 aromatic rings. The van der Waals surface area contributed by atoms with Gasteiger partial charge in [0.15, 0.2) is 0 Å². The van der Waals surface area contributed by atoms with Crippen LogP contribution in [0.2, 0.25) is 0 Å². The normalized spacial score (nSPS) is 22.9. The standard InChI is InChI=1S/C17H29N3/c1-14-6-5-7-16(12-14)17(18-3)8-9-20-11-10-19(4)13-15(20)2/h5-7,12,15,17-18H,8-11,13H2,1-4H3. The first kappa shape index (κ1) is 15.5. The molecule has 1 aliphatic rings.